The number of carbonyl (C=O) groups is 1. The average Bonchev–Trinajstić information content (AvgIpc) is 3.30. The minimum absolute atomic E-state index is 0.124. The minimum atomic E-state index is -3.77. The summed E-state index contributed by atoms with van der Waals surface area (Å²) in [5.41, 5.74) is 3.32. The average molecular weight is 457 g/mol. The van der Waals surface area contributed by atoms with Crippen LogP contribution in [0.3, 0.4) is 0 Å². The molecule has 2 aliphatic rings. The number of likely N-dealkylation sites (tertiary alicyclic amines) is 1. The first-order chi connectivity index (χ1) is 15.3. The van der Waals surface area contributed by atoms with Crippen molar-refractivity contribution in [3.05, 3.63) is 47.3 Å². The molecule has 32 heavy (non-hydrogen) atoms. The summed E-state index contributed by atoms with van der Waals surface area (Å²) in [5.74, 6) is 0.416. The van der Waals surface area contributed by atoms with Crippen molar-refractivity contribution >= 4 is 27.5 Å². The summed E-state index contributed by atoms with van der Waals surface area (Å²) in [4.78, 5) is 15.0. The molecular weight excluding hydrogens is 424 g/mol. The van der Waals surface area contributed by atoms with Crippen LogP contribution in [0, 0.1) is 13.8 Å². The summed E-state index contributed by atoms with van der Waals surface area (Å²) in [5, 5.41) is 2.91. The Hall–Kier alpha value is -2.61. The van der Waals surface area contributed by atoms with E-state index in [0.717, 1.165) is 37.2 Å². The standard InChI is InChI=1S/C24H32N4O3S/c1-17-16-22(18(2)28(17)20-8-5-4-6-9-20)24(29)25-19-11-13-21(14-12-19)32(30,31)26-23-10-7-15-27(23)3/h11-14,16,20H,4-10,15H2,1-3H3,(H,25,29)/b26-23+. The second-order valence-electron chi connectivity index (χ2n) is 8.93. The number of nitrogens with zero attached hydrogens (tertiary/aromatic N) is 3. The number of anilines is 1. The van der Waals surface area contributed by atoms with Gasteiger partial charge in [0.15, 0.2) is 0 Å². The normalized spacial score (nSPS) is 19.0. The summed E-state index contributed by atoms with van der Waals surface area (Å²) in [6.07, 6.45) is 7.67. The van der Waals surface area contributed by atoms with Gasteiger partial charge >= 0.3 is 0 Å². The lowest BCUT2D eigenvalue weighted by Gasteiger charge is -2.26. The maximum Gasteiger partial charge on any atom is 0.283 e. The van der Waals surface area contributed by atoms with Crippen molar-refractivity contribution in [3.8, 4) is 0 Å². The van der Waals surface area contributed by atoms with Gasteiger partial charge in [-0.3, -0.25) is 4.79 Å². The molecule has 8 heteroatoms. The van der Waals surface area contributed by atoms with Crippen molar-refractivity contribution in [1.29, 1.82) is 0 Å². The Morgan fingerprint density at radius 2 is 1.75 bits per heavy atom. The zero-order chi connectivity index (χ0) is 22.9. The maximum absolute atomic E-state index is 13.0. The fraction of sp³-hybridized carbons (Fsp3) is 0.500. The van der Waals surface area contributed by atoms with Crippen LogP contribution in [-0.2, 0) is 10.0 Å². The molecule has 0 bridgehead atoms. The van der Waals surface area contributed by atoms with Crippen LogP contribution in [0.15, 0.2) is 39.6 Å². The van der Waals surface area contributed by atoms with Gasteiger partial charge in [0.25, 0.3) is 15.9 Å². The highest BCUT2D eigenvalue weighted by molar-refractivity contribution is 7.90. The van der Waals surface area contributed by atoms with Crippen LogP contribution >= 0.6 is 0 Å². The lowest BCUT2D eigenvalue weighted by Crippen LogP contribution is -2.20. The molecule has 172 valence electrons. The third-order valence-corrected chi connectivity index (χ3v) is 7.96. The van der Waals surface area contributed by atoms with Gasteiger partial charge in [0.1, 0.15) is 5.84 Å². The molecule has 1 aromatic carbocycles. The highest BCUT2D eigenvalue weighted by atomic mass is 32.2. The number of aryl methyl sites for hydroxylation is 1. The van der Waals surface area contributed by atoms with Crippen LogP contribution in [0.5, 0.6) is 0 Å². The Kier molecular flexibility index (Phi) is 6.42. The van der Waals surface area contributed by atoms with Gasteiger partial charge in [0.2, 0.25) is 0 Å². The third kappa shape index (κ3) is 4.60. The van der Waals surface area contributed by atoms with Crippen molar-refractivity contribution in [2.45, 2.75) is 69.7 Å². The Labute approximate surface area is 190 Å². The smallest absolute Gasteiger partial charge is 0.283 e. The van der Waals surface area contributed by atoms with Gasteiger partial charge in [-0.1, -0.05) is 19.3 Å². The summed E-state index contributed by atoms with van der Waals surface area (Å²) in [6.45, 7) is 4.88. The molecule has 1 aromatic heterocycles. The second kappa shape index (κ2) is 9.10. The molecule has 1 saturated carbocycles. The van der Waals surface area contributed by atoms with Crippen molar-refractivity contribution in [3.63, 3.8) is 0 Å². The SMILES string of the molecule is Cc1cc(C(=O)Nc2ccc(S(=O)(=O)/N=C3\CCCN3C)cc2)c(C)n1C1CCCCC1. The molecule has 1 aliphatic heterocycles. The van der Waals surface area contributed by atoms with Gasteiger partial charge in [-0.05, 0) is 63.4 Å². The number of aromatic nitrogens is 1. The lowest BCUT2D eigenvalue weighted by atomic mass is 9.95. The molecular formula is C24H32N4O3S. The maximum atomic E-state index is 13.0. The van der Waals surface area contributed by atoms with E-state index in [1.54, 1.807) is 12.1 Å². The Bertz CT molecular complexity index is 1130. The summed E-state index contributed by atoms with van der Waals surface area (Å²) in [6, 6.07) is 8.64. The molecule has 1 amide bonds. The monoisotopic (exact) mass is 456 g/mol. The zero-order valence-corrected chi connectivity index (χ0v) is 19.9. The first-order valence-electron chi connectivity index (χ1n) is 11.4. The molecule has 0 atom stereocenters. The lowest BCUT2D eigenvalue weighted by molar-refractivity contribution is 0.102. The number of rotatable bonds is 5. The van der Waals surface area contributed by atoms with Crippen LogP contribution in [-0.4, -0.2) is 43.2 Å². The first kappa shape index (κ1) is 22.6. The number of benzene rings is 1. The van der Waals surface area contributed by atoms with Gasteiger partial charge in [0, 0.05) is 43.1 Å². The largest absolute Gasteiger partial charge is 0.362 e. The van der Waals surface area contributed by atoms with Crippen molar-refractivity contribution in [2.75, 3.05) is 18.9 Å². The van der Waals surface area contributed by atoms with E-state index < -0.39 is 10.0 Å². The topological polar surface area (TPSA) is 83.8 Å². The van der Waals surface area contributed by atoms with Gasteiger partial charge < -0.3 is 14.8 Å². The van der Waals surface area contributed by atoms with E-state index in [4.69, 9.17) is 0 Å². The Morgan fingerprint density at radius 1 is 1.06 bits per heavy atom. The predicted octanol–water partition coefficient (Wildman–Crippen LogP) is 4.68. The fourth-order valence-corrected chi connectivity index (χ4v) is 6.01. The quantitative estimate of drug-likeness (QED) is 0.708. The number of carbonyl (C=O) groups excluding carboxylic acids is 1. The van der Waals surface area contributed by atoms with Crippen LogP contribution < -0.4 is 5.32 Å². The Balaban J connectivity index is 1.49. The second-order valence-corrected chi connectivity index (χ2v) is 10.5. The summed E-state index contributed by atoms with van der Waals surface area (Å²) in [7, 11) is -1.91. The van der Waals surface area contributed by atoms with E-state index in [0.29, 0.717) is 29.5 Å². The highest BCUT2D eigenvalue weighted by Crippen LogP contribution is 2.32. The molecule has 7 nitrogen and oxygen atoms in total. The summed E-state index contributed by atoms with van der Waals surface area (Å²) >= 11 is 0. The third-order valence-electron chi connectivity index (χ3n) is 6.64. The van der Waals surface area contributed by atoms with E-state index in [1.165, 1.54) is 31.4 Å². The van der Waals surface area contributed by atoms with Crippen molar-refractivity contribution in [2.24, 2.45) is 4.40 Å². The van der Waals surface area contributed by atoms with E-state index in [9.17, 15) is 13.2 Å². The first-order valence-corrected chi connectivity index (χ1v) is 12.8. The number of hydrogen-bond acceptors (Lipinski definition) is 3. The summed E-state index contributed by atoms with van der Waals surface area (Å²) < 4.78 is 31.5. The molecule has 2 aromatic rings. The molecule has 1 saturated heterocycles. The van der Waals surface area contributed by atoms with Crippen molar-refractivity contribution in [1.82, 2.24) is 9.47 Å². The Morgan fingerprint density at radius 3 is 2.38 bits per heavy atom. The van der Waals surface area contributed by atoms with E-state index in [-0.39, 0.29) is 10.8 Å². The zero-order valence-electron chi connectivity index (χ0n) is 19.1. The van der Waals surface area contributed by atoms with Crippen LogP contribution in [0.2, 0.25) is 0 Å². The van der Waals surface area contributed by atoms with E-state index in [1.807, 2.05) is 24.9 Å². The molecule has 1 N–H and O–H groups in total. The molecule has 1 aliphatic carbocycles. The molecule has 0 unspecified atom stereocenters. The number of nitrogens with one attached hydrogen (secondary N) is 1. The van der Waals surface area contributed by atoms with E-state index >= 15 is 0 Å². The number of amidine groups is 1. The van der Waals surface area contributed by atoms with Gasteiger partial charge in [-0.15, -0.1) is 4.40 Å². The van der Waals surface area contributed by atoms with E-state index in [2.05, 4.69) is 21.2 Å². The molecule has 0 radical (unpaired) electrons. The minimum Gasteiger partial charge on any atom is -0.362 e. The molecule has 2 heterocycles. The molecule has 2 fully saturated rings. The van der Waals surface area contributed by atoms with Gasteiger partial charge in [-0.2, -0.15) is 8.42 Å². The van der Waals surface area contributed by atoms with Crippen LogP contribution in [0.1, 0.15) is 72.7 Å². The molecule has 0 spiro atoms. The number of sulfonamides is 1. The number of amides is 1. The van der Waals surface area contributed by atoms with Crippen LogP contribution in [0.4, 0.5) is 5.69 Å². The van der Waals surface area contributed by atoms with Crippen LogP contribution in [0.25, 0.3) is 0 Å². The molecule has 4 rings (SSSR count). The van der Waals surface area contributed by atoms with Gasteiger partial charge in [0.05, 0.1) is 10.5 Å². The fourth-order valence-electron chi connectivity index (χ4n) is 4.92. The number of hydrogen-bond donors (Lipinski definition) is 1. The predicted molar refractivity (Wildman–Crippen MR) is 127 cm³/mol. The van der Waals surface area contributed by atoms with Crippen molar-refractivity contribution < 1.29 is 13.2 Å². The van der Waals surface area contributed by atoms with Gasteiger partial charge in [-0.25, -0.2) is 0 Å². The highest BCUT2D eigenvalue weighted by Gasteiger charge is 2.23.